The van der Waals surface area contributed by atoms with Gasteiger partial charge in [0.15, 0.2) is 0 Å². The van der Waals surface area contributed by atoms with Crippen LogP contribution in [-0.4, -0.2) is 24.9 Å². The van der Waals surface area contributed by atoms with Crippen molar-refractivity contribution >= 4 is 29.9 Å². The molecule has 0 aliphatic rings. The summed E-state index contributed by atoms with van der Waals surface area (Å²) >= 11 is 0. The summed E-state index contributed by atoms with van der Waals surface area (Å²) in [6.07, 6.45) is 0.758. The molecule has 0 saturated carbocycles. The molecule has 0 aliphatic carbocycles. The Morgan fingerprint density at radius 3 is 2.30 bits per heavy atom. The molecule has 0 aromatic heterocycles. The summed E-state index contributed by atoms with van der Waals surface area (Å²) in [6.45, 7) is 4.78. The van der Waals surface area contributed by atoms with Gasteiger partial charge in [-0.1, -0.05) is 13.8 Å². The predicted octanol–water partition coefficient (Wildman–Crippen LogP) is 1.78. The van der Waals surface area contributed by atoms with Crippen molar-refractivity contribution in [1.29, 1.82) is 0 Å². The minimum absolute atomic E-state index is 0. The van der Waals surface area contributed by atoms with Crippen molar-refractivity contribution < 1.29 is 9.59 Å². The highest BCUT2D eigenvalue weighted by Gasteiger charge is 2.08. The van der Waals surface area contributed by atoms with Gasteiger partial charge in [0.05, 0.1) is 0 Å². The molecule has 0 bridgehead atoms. The second-order valence-corrected chi connectivity index (χ2v) is 4.62. The number of carbonyl (C=O) groups is 2. The van der Waals surface area contributed by atoms with Crippen molar-refractivity contribution in [1.82, 2.24) is 5.32 Å². The zero-order valence-corrected chi connectivity index (χ0v) is 12.6. The monoisotopic (exact) mass is 299 g/mol. The largest absolute Gasteiger partial charge is 0.352 e. The van der Waals surface area contributed by atoms with Gasteiger partial charge in [-0.25, -0.2) is 0 Å². The number of benzene rings is 1. The number of carbonyl (C=O) groups excluding carboxylic acids is 2. The van der Waals surface area contributed by atoms with E-state index >= 15 is 0 Å². The highest BCUT2D eigenvalue weighted by molar-refractivity contribution is 5.96. The second-order valence-electron chi connectivity index (χ2n) is 4.62. The molecule has 20 heavy (non-hydrogen) atoms. The molecule has 6 heteroatoms. The fourth-order valence-electron chi connectivity index (χ4n) is 1.40. The van der Waals surface area contributed by atoms with Gasteiger partial charge in [0.2, 0.25) is 5.91 Å². The Kier molecular flexibility index (Phi) is 8.59. The molecular formula is C14H22ClN3O2. The maximum atomic E-state index is 11.7. The van der Waals surface area contributed by atoms with Crippen molar-refractivity contribution in [3.05, 3.63) is 29.8 Å². The minimum Gasteiger partial charge on any atom is -0.352 e. The molecule has 1 rings (SSSR count). The summed E-state index contributed by atoms with van der Waals surface area (Å²) in [7, 11) is 0. The molecule has 4 N–H and O–H groups in total. The maximum Gasteiger partial charge on any atom is 0.251 e. The molecule has 0 saturated heterocycles. The molecule has 5 nitrogen and oxygen atoms in total. The van der Waals surface area contributed by atoms with Crippen LogP contribution in [0, 0.1) is 5.92 Å². The lowest BCUT2D eigenvalue weighted by molar-refractivity contribution is -0.118. The van der Waals surface area contributed by atoms with E-state index in [1.165, 1.54) is 0 Å². The molecule has 0 radical (unpaired) electrons. The molecule has 0 fully saturated rings. The third-order valence-electron chi connectivity index (χ3n) is 2.61. The fraction of sp³-hybridized carbons (Fsp3) is 0.429. The summed E-state index contributed by atoms with van der Waals surface area (Å²) in [6, 6.07) is 6.82. The molecule has 0 heterocycles. The third kappa shape index (κ3) is 6.04. The van der Waals surface area contributed by atoms with E-state index in [0.717, 1.165) is 6.42 Å². The van der Waals surface area contributed by atoms with Gasteiger partial charge in [0.25, 0.3) is 5.91 Å². The van der Waals surface area contributed by atoms with Gasteiger partial charge in [-0.15, -0.1) is 12.4 Å². The number of halogens is 1. The van der Waals surface area contributed by atoms with Crippen molar-refractivity contribution in [3.8, 4) is 0 Å². The van der Waals surface area contributed by atoms with Crippen molar-refractivity contribution in [2.75, 3.05) is 18.4 Å². The number of nitrogens with two attached hydrogens (primary N) is 1. The van der Waals surface area contributed by atoms with Crippen molar-refractivity contribution in [2.24, 2.45) is 11.7 Å². The van der Waals surface area contributed by atoms with Gasteiger partial charge in [0.1, 0.15) is 0 Å². The van der Waals surface area contributed by atoms with Gasteiger partial charge < -0.3 is 16.4 Å². The van der Waals surface area contributed by atoms with E-state index in [1.807, 2.05) is 13.8 Å². The molecule has 0 aliphatic heterocycles. The van der Waals surface area contributed by atoms with Crippen LogP contribution in [-0.2, 0) is 4.79 Å². The van der Waals surface area contributed by atoms with E-state index in [-0.39, 0.29) is 30.1 Å². The van der Waals surface area contributed by atoms with Gasteiger partial charge in [-0.3, -0.25) is 9.59 Å². The standard InChI is InChI=1S/C14H21N3O2.ClH/c1-10(2)13(18)17-12-6-4-11(5-7-12)14(19)16-9-3-8-15;/h4-7,10H,3,8-9,15H2,1-2H3,(H,16,19)(H,17,18);1H. The molecule has 1 aromatic carbocycles. The summed E-state index contributed by atoms with van der Waals surface area (Å²) in [5.74, 6) is -0.241. The Balaban J connectivity index is 0.00000361. The first-order valence-electron chi connectivity index (χ1n) is 6.43. The van der Waals surface area contributed by atoms with E-state index in [2.05, 4.69) is 10.6 Å². The van der Waals surface area contributed by atoms with Crippen LogP contribution in [0.25, 0.3) is 0 Å². The van der Waals surface area contributed by atoms with Gasteiger partial charge in [-0.05, 0) is 37.2 Å². The quantitative estimate of drug-likeness (QED) is 0.700. The van der Waals surface area contributed by atoms with E-state index in [9.17, 15) is 9.59 Å². The number of anilines is 1. The first kappa shape index (κ1) is 18.4. The Hall–Kier alpha value is -1.59. The summed E-state index contributed by atoms with van der Waals surface area (Å²) in [5, 5.41) is 5.54. The number of hydrogen-bond acceptors (Lipinski definition) is 3. The van der Waals surface area contributed by atoms with Crippen LogP contribution >= 0.6 is 12.4 Å². The number of amides is 2. The molecule has 0 unspecified atom stereocenters. The van der Waals surface area contributed by atoms with Crippen LogP contribution < -0.4 is 16.4 Å². The highest BCUT2D eigenvalue weighted by atomic mass is 35.5. The van der Waals surface area contributed by atoms with E-state index in [0.29, 0.717) is 24.3 Å². The van der Waals surface area contributed by atoms with Gasteiger partial charge in [0, 0.05) is 23.7 Å². The van der Waals surface area contributed by atoms with E-state index in [4.69, 9.17) is 5.73 Å². The Bertz CT molecular complexity index is 433. The number of hydrogen-bond donors (Lipinski definition) is 3. The average molecular weight is 300 g/mol. The minimum atomic E-state index is -0.129. The predicted molar refractivity (Wildman–Crippen MR) is 83.2 cm³/mol. The maximum absolute atomic E-state index is 11.7. The van der Waals surface area contributed by atoms with E-state index < -0.39 is 0 Å². The molecule has 112 valence electrons. The first-order valence-corrected chi connectivity index (χ1v) is 6.43. The lowest BCUT2D eigenvalue weighted by atomic mass is 10.1. The third-order valence-corrected chi connectivity index (χ3v) is 2.61. The topological polar surface area (TPSA) is 84.2 Å². The Labute approximate surface area is 125 Å². The average Bonchev–Trinajstić information content (AvgIpc) is 2.39. The molecule has 0 atom stereocenters. The molecule has 1 aromatic rings. The number of nitrogens with one attached hydrogen (secondary N) is 2. The van der Waals surface area contributed by atoms with Gasteiger partial charge in [-0.2, -0.15) is 0 Å². The number of rotatable bonds is 6. The van der Waals surface area contributed by atoms with Crippen molar-refractivity contribution in [3.63, 3.8) is 0 Å². The summed E-state index contributed by atoms with van der Waals surface area (Å²) in [4.78, 5) is 23.2. The Morgan fingerprint density at radius 2 is 1.80 bits per heavy atom. The summed E-state index contributed by atoms with van der Waals surface area (Å²) < 4.78 is 0. The Morgan fingerprint density at radius 1 is 1.20 bits per heavy atom. The molecule has 2 amide bonds. The molecular weight excluding hydrogens is 278 g/mol. The van der Waals surface area contributed by atoms with Crippen LogP contribution in [0.15, 0.2) is 24.3 Å². The van der Waals surface area contributed by atoms with Crippen LogP contribution in [0.5, 0.6) is 0 Å². The smallest absolute Gasteiger partial charge is 0.251 e. The lowest BCUT2D eigenvalue weighted by Gasteiger charge is -2.08. The van der Waals surface area contributed by atoms with Crippen LogP contribution in [0.4, 0.5) is 5.69 Å². The fourth-order valence-corrected chi connectivity index (χ4v) is 1.40. The van der Waals surface area contributed by atoms with Gasteiger partial charge >= 0.3 is 0 Å². The van der Waals surface area contributed by atoms with Crippen molar-refractivity contribution in [2.45, 2.75) is 20.3 Å². The van der Waals surface area contributed by atoms with Crippen LogP contribution in [0.2, 0.25) is 0 Å². The van der Waals surface area contributed by atoms with Crippen LogP contribution in [0.1, 0.15) is 30.6 Å². The second kappa shape index (κ2) is 9.34. The van der Waals surface area contributed by atoms with E-state index in [1.54, 1.807) is 24.3 Å². The zero-order valence-electron chi connectivity index (χ0n) is 11.8. The SMILES string of the molecule is CC(C)C(=O)Nc1ccc(C(=O)NCCCN)cc1.Cl. The zero-order chi connectivity index (χ0) is 14.3. The first-order chi connectivity index (χ1) is 9.04. The summed E-state index contributed by atoms with van der Waals surface area (Å²) in [5.41, 5.74) is 6.61. The lowest BCUT2D eigenvalue weighted by Crippen LogP contribution is -2.26. The highest BCUT2D eigenvalue weighted by Crippen LogP contribution is 2.10. The van der Waals surface area contributed by atoms with Crippen LogP contribution in [0.3, 0.4) is 0 Å². The normalized spacial score (nSPS) is 9.80. The molecule has 0 spiro atoms.